The Kier molecular flexibility index (Phi) is 5.90. The molecule has 1 N–H and O–H groups in total. The molecule has 3 heterocycles. The molecular weight excluding hydrogens is 338 g/mol. The highest BCUT2D eigenvalue weighted by Gasteiger charge is 2.16. The molecule has 27 heavy (non-hydrogen) atoms. The Hall–Kier alpha value is -2.11. The van der Waals surface area contributed by atoms with Crippen molar-refractivity contribution in [2.75, 3.05) is 31.5 Å². The SMILES string of the molecule is O=C(Nc1ccc(CN2CCCCC2)cc1)c1ccc(CN2CCCC2)o1. The zero-order chi connectivity index (χ0) is 18.5. The molecule has 5 nitrogen and oxygen atoms in total. The fraction of sp³-hybridized carbons (Fsp3) is 0.500. The van der Waals surface area contributed by atoms with E-state index >= 15 is 0 Å². The number of carbonyl (C=O) groups excluding carboxylic acids is 1. The lowest BCUT2D eigenvalue weighted by molar-refractivity contribution is 0.0993. The summed E-state index contributed by atoms with van der Waals surface area (Å²) in [6.45, 7) is 6.40. The van der Waals surface area contributed by atoms with E-state index in [1.807, 2.05) is 18.2 Å². The number of hydrogen-bond donors (Lipinski definition) is 1. The highest BCUT2D eigenvalue weighted by Crippen LogP contribution is 2.18. The Balaban J connectivity index is 1.30. The fourth-order valence-corrected chi connectivity index (χ4v) is 4.01. The molecule has 2 aliphatic rings. The summed E-state index contributed by atoms with van der Waals surface area (Å²) in [4.78, 5) is 17.3. The number of furan rings is 1. The zero-order valence-corrected chi connectivity index (χ0v) is 16.0. The quantitative estimate of drug-likeness (QED) is 0.835. The molecule has 0 aliphatic carbocycles. The van der Waals surface area contributed by atoms with Crippen LogP contribution in [0.4, 0.5) is 5.69 Å². The van der Waals surface area contributed by atoms with Crippen LogP contribution in [0, 0.1) is 0 Å². The van der Waals surface area contributed by atoms with Gasteiger partial charge in [0.1, 0.15) is 5.76 Å². The first-order valence-corrected chi connectivity index (χ1v) is 10.2. The largest absolute Gasteiger partial charge is 0.455 e. The molecule has 2 saturated heterocycles. The molecule has 4 rings (SSSR count). The van der Waals surface area contributed by atoms with Gasteiger partial charge in [-0.1, -0.05) is 18.6 Å². The number of nitrogens with one attached hydrogen (secondary N) is 1. The van der Waals surface area contributed by atoms with Gasteiger partial charge in [-0.05, 0) is 81.7 Å². The molecule has 0 radical (unpaired) electrons. The number of nitrogens with zero attached hydrogens (tertiary/aromatic N) is 2. The summed E-state index contributed by atoms with van der Waals surface area (Å²) in [6.07, 6.45) is 6.46. The summed E-state index contributed by atoms with van der Waals surface area (Å²) in [6, 6.07) is 11.8. The second-order valence-electron chi connectivity index (χ2n) is 7.74. The molecule has 2 fully saturated rings. The molecule has 2 aliphatic heterocycles. The zero-order valence-electron chi connectivity index (χ0n) is 16.0. The van der Waals surface area contributed by atoms with Crippen molar-refractivity contribution in [3.05, 3.63) is 53.5 Å². The average molecular weight is 367 g/mol. The van der Waals surface area contributed by atoms with Crippen LogP contribution in [0.2, 0.25) is 0 Å². The van der Waals surface area contributed by atoms with Gasteiger partial charge in [0, 0.05) is 12.2 Å². The summed E-state index contributed by atoms with van der Waals surface area (Å²) in [5, 5.41) is 2.94. The van der Waals surface area contributed by atoms with Gasteiger partial charge in [0.2, 0.25) is 0 Å². The minimum atomic E-state index is -0.188. The van der Waals surface area contributed by atoms with Crippen molar-refractivity contribution >= 4 is 11.6 Å². The number of rotatable bonds is 6. The van der Waals surface area contributed by atoms with Crippen molar-refractivity contribution in [1.82, 2.24) is 9.80 Å². The van der Waals surface area contributed by atoms with Gasteiger partial charge >= 0.3 is 0 Å². The van der Waals surface area contributed by atoms with Crippen LogP contribution in [0.5, 0.6) is 0 Å². The highest BCUT2D eigenvalue weighted by molar-refractivity contribution is 6.02. The number of carbonyl (C=O) groups is 1. The van der Waals surface area contributed by atoms with E-state index in [1.54, 1.807) is 6.07 Å². The fourth-order valence-electron chi connectivity index (χ4n) is 4.01. The Bertz CT molecular complexity index is 741. The summed E-state index contributed by atoms with van der Waals surface area (Å²) in [7, 11) is 0. The van der Waals surface area contributed by atoms with Gasteiger partial charge in [-0.3, -0.25) is 14.6 Å². The number of amides is 1. The Morgan fingerprint density at radius 3 is 2.15 bits per heavy atom. The van der Waals surface area contributed by atoms with E-state index in [2.05, 4.69) is 27.2 Å². The molecule has 144 valence electrons. The van der Waals surface area contributed by atoms with E-state index < -0.39 is 0 Å². The molecule has 1 amide bonds. The van der Waals surface area contributed by atoms with Crippen molar-refractivity contribution in [3.8, 4) is 0 Å². The van der Waals surface area contributed by atoms with Gasteiger partial charge in [-0.15, -0.1) is 0 Å². The first-order chi connectivity index (χ1) is 13.3. The number of hydrogen-bond acceptors (Lipinski definition) is 4. The molecule has 2 aromatic rings. The molecule has 0 unspecified atom stereocenters. The van der Waals surface area contributed by atoms with Crippen LogP contribution in [-0.4, -0.2) is 41.9 Å². The van der Waals surface area contributed by atoms with E-state index in [0.29, 0.717) is 5.76 Å². The maximum Gasteiger partial charge on any atom is 0.291 e. The molecule has 0 bridgehead atoms. The van der Waals surface area contributed by atoms with Crippen LogP contribution < -0.4 is 5.32 Å². The lowest BCUT2D eigenvalue weighted by Gasteiger charge is -2.26. The number of piperidine rings is 1. The molecule has 1 aromatic carbocycles. The van der Waals surface area contributed by atoms with E-state index in [-0.39, 0.29) is 5.91 Å². The van der Waals surface area contributed by atoms with E-state index in [1.165, 1.54) is 50.8 Å². The summed E-state index contributed by atoms with van der Waals surface area (Å²) in [5.41, 5.74) is 2.10. The summed E-state index contributed by atoms with van der Waals surface area (Å²) >= 11 is 0. The smallest absolute Gasteiger partial charge is 0.291 e. The minimum absolute atomic E-state index is 0.188. The minimum Gasteiger partial charge on any atom is -0.455 e. The van der Waals surface area contributed by atoms with Crippen LogP contribution in [0.3, 0.4) is 0 Å². The van der Waals surface area contributed by atoms with Gasteiger partial charge in [-0.25, -0.2) is 0 Å². The maximum absolute atomic E-state index is 12.4. The summed E-state index contributed by atoms with van der Waals surface area (Å²) < 4.78 is 5.74. The first-order valence-electron chi connectivity index (χ1n) is 10.2. The van der Waals surface area contributed by atoms with Crippen molar-refractivity contribution in [2.45, 2.75) is 45.2 Å². The third-order valence-corrected chi connectivity index (χ3v) is 5.53. The predicted molar refractivity (Wildman–Crippen MR) is 107 cm³/mol. The lowest BCUT2D eigenvalue weighted by Crippen LogP contribution is -2.29. The predicted octanol–water partition coefficient (Wildman–Crippen LogP) is 4.11. The normalized spacial score (nSPS) is 18.7. The number of anilines is 1. The van der Waals surface area contributed by atoms with Crippen LogP contribution in [0.25, 0.3) is 0 Å². The van der Waals surface area contributed by atoms with Gasteiger partial charge in [-0.2, -0.15) is 0 Å². The van der Waals surface area contributed by atoms with E-state index in [0.717, 1.165) is 37.6 Å². The molecule has 1 aromatic heterocycles. The maximum atomic E-state index is 12.4. The average Bonchev–Trinajstić information content (AvgIpc) is 3.37. The third-order valence-electron chi connectivity index (χ3n) is 5.53. The van der Waals surface area contributed by atoms with Crippen LogP contribution >= 0.6 is 0 Å². The number of benzene rings is 1. The molecule has 0 saturated carbocycles. The molecular formula is C22H29N3O2. The Labute approximate surface area is 161 Å². The van der Waals surface area contributed by atoms with Crippen LogP contribution in [0.15, 0.2) is 40.8 Å². The Morgan fingerprint density at radius 2 is 1.44 bits per heavy atom. The van der Waals surface area contributed by atoms with E-state index in [9.17, 15) is 4.79 Å². The van der Waals surface area contributed by atoms with Crippen molar-refractivity contribution in [2.24, 2.45) is 0 Å². The lowest BCUT2D eigenvalue weighted by atomic mass is 10.1. The third kappa shape index (κ3) is 4.99. The van der Waals surface area contributed by atoms with Crippen LogP contribution in [-0.2, 0) is 13.1 Å². The van der Waals surface area contributed by atoms with Gasteiger partial charge in [0.25, 0.3) is 5.91 Å². The molecule has 0 atom stereocenters. The molecule has 5 heteroatoms. The second kappa shape index (κ2) is 8.72. The van der Waals surface area contributed by atoms with E-state index in [4.69, 9.17) is 4.42 Å². The summed E-state index contributed by atoms with van der Waals surface area (Å²) in [5.74, 6) is 1.05. The Morgan fingerprint density at radius 1 is 0.815 bits per heavy atom. The molecule has 0 spiro atoms. The number of likely N-dealkylation sites (tertiary alicyclic amines) is 2. The highest BCUT2D eigenvalue weighted by atomic mass is 16.4. The monoisotopic (exact) mass is 367 g/mol. The van der Waals surface area contributed by atoms with Crippen molar-refractivity contribution in [3.63, 3.8) is 0 Å². The second-order valence-corrected chi connectivity index (χ2v) is 7.74. The van der Waals surface area contributed by atoms with Gasteiger partial charge < -0.3 is 9.73 Å². The standard InChI is InChI=1S/C22H29N3O2/c26-22(21-11-10-20(27-21)17-25-14-4-5-15-25)23-19-8-6-18(7-9-19)16-24-12-2-1-3-13-24/h6-11H,1-5,12-17H2,(H,23,26). The first kappa shape index (κ1) is 18.3. The van der Waals surface area contributed by atoms with Crippen LogP contribution in [0.1, 0.15) is 54.0 Å². The topological polar surface area (TPSA) is 48.7 Å². The van der Waals surface area contributed by atoms with Gasteiger partial charge in [0.15, 0.2) is 5.76 Å². The van der Waals surface area contributed by atoms with Crippen molar-refractivity contribution in [1.29, 1.82) is 0 Å². The van der Waals surface area contributed by atoms with Crippen molar-refractivity contribution < 1.29 is 9.21 Å². The van der Waals surface area contributed by atoms with Gasteiger partial charge in [0.05, 0.1) is 6.54 Å².